The number of carbonyl (C=O) groups is 2. The molecule has 1 aromatic heterocycles. The van der Waals surface area contributed by atoms with Crippen LogP contribution in [0.5, 0.6) is 0 Å². The number of ether oxygens (including phenoxy) is 2. The van der Waals surface area contributed by atoms with Gasteiger partial charge < -0.3 is 19.0 Å². The van der Waals surface area contributed by atoms with Gasteiger partial charge in [-0.1, -0.05) is 6.92 Å². The molecule has 1 aromatic rings. The van der Waals surface area contributed by atoms with Crippen molar-refractivity contribution in [3.05, 3.63) is 35.3 Å². The van der Waals surface area contributed by atoms with Crippen molar-refractivity contribution in [2.24, 2.45) is 16.7 Å². The second-order valence-corrected chi connectivity index (χ2v) is 8.44. The summed E-state index contributed by atoms with van der Waals surface area (Å²) in [7, 11) is 0. The van der Waals surface area contributed by atoms with Crippen molar-refractivity contribution >= 4 is 11.9 Å². The van der Waals surface area contributed by atoms with Crippen molar-refractivity contribution in [3.63, 3.8) is 0 Å². The molecular weight excluding hydrogens is 336 g/mol. The molecule has 2 saturated heterocycles. The molecule has 0 amide bonds. The lowest BCUT2D eigenvalue weighted by atomic mass is 9.54. The van der Waals surface area contributed by atoms with Gasteiger partial charge in [-0.25, -0.2) is 0 Å². The zero-order valence-corrected chi connectivity index (χ0v) is 14.9. The monoisotopic (exact) mass is 358 g/mol. The third-order valence-corrected chi connectivity index (χ3v) is 7.04. The number of carbonyl (C=O) groups excluding carboxylic acids is 2. The average molecular weight is 358 g/mol. The smallest absolute Gasteiger partial charge is 0.317 e. The molecular formula is C20H22O6. The Morgan fingerprint density at radius 3 is 2.73 bits per heavy atom. The normalized spacial score (nSPS) is 44.3. The van der Waals surface area contributed by atoms with Crippen molar-refractivity contribution in [1.82, 2.24) is 0 Å². The van der Waals surface area contributed by atoms with Gasteiger partial charge >= 0.3 is 11.9 Å². The minimum atomic E-state index is -0.835. The number of rotatable bonds is 1. The molecule has 2 bridgehead atoms. The van der Waals surface area contributed by atoms with E-state index >= 15 is 0 Å². The molecule has 1 N–H and O–H groups in total. The van der Waals surface area contributed by atoms with Gasteiger partial charge in [0.2, 0.25) is 0 Å². The Morgan fingerprint density at radius 2 is 2.00 bits per heavy atom. The van der Waals surface area contributed by atoms with Crippen LogP contribution in [0.1, 0.15) is 51.2 Å². The van der Waals surface area contributed by atoms with Crippen molar-refractivity contribution in [2.75, 3.05) is 0 Å². The fourth-order valence-corrected chi connectivity index (χ4v) is 5.75. The van der Waals surface area contributed by atoms with Gasteiger partial charge in [-0.3, -0.25) is 9.59 Å². The van der Waals surface area contributed by atoms with E-state index in [0.29, 0.717) is 31.3 Å². The second kappa shape index (κ2) is 5.00. The van der Waals surface area contributed by atoms with Crippen molar-refractivity contribution in [1.29, 1.82) is 0 Å². The summed E-state index contributed by atoms with van der Waals surface area (Å²) in [6.07, 6.45) is 3.90. The third-order valence-electron chi connectivity index (χ3n) is 7.04. The maximum absolute atomic E-state index is 13.2. The van der Waals surface area contributed by atoms with Crippen LogP contribution < -0.4 is 0 Å². The molecule has 0 aromatic carbocycles. The van der Waals surface area contributed by atoms with Gasteiger partial charge in [0.15, 0.2) is 0 Å². The number of furan rings is 1. The first-order chi connectivity index (χ1) is 12.4. The minimum Gasteiger partial charge on any atom is -0.472 e. The van der Waals surface area contributed by atoms with Crippen LogP contribution in [-0.2, 0) is 19.1 Å². The SMILES string of the molecule is C[C@@H]1C[C@@H](O)C2=C(C[C@H]3C[C@]2(C)C(=O)O3)[C@@]12C[C@@H](c1ccoc1)OC2=O. The van der Waals surface area contributed by atoms with E-state index < -0.39 is 16.9 Å². The summed E-state index contributed by atoms with van der Waals surface area (Å²) >= 11 is 0. The summed E-state index contributed by atoms with van der Waals surface area (Å²) in [6, 6.07) is 1.81. The first-order valence-corrected chi connectivity index (χ1v) is 9.22. The summed E-state index contributed by atoms with van der Waals surface area (Å²) in [5.74, 6) is -0.612. The zero-order chi connectivity index (χ0) is 18.3. The maximum atomic E-state index is 13.2. The fourth-order valence-electron chi connectivity index (χ4n) is 5.75. The number of cyclic esters (lactones) is 1. The largest absolute Gasteiger partial charge is 0.472 e. The summed E-state index contributed by atoms with van der Waals surface area (Å²) in [5, 5.41) is 10.8. The molecule has 2 aliphatic carbocycles. The first-order valence-electron chi connectivity index (χ1n) is 9.22. The third kappa shape index (κ3) is 1.80. The number of esters is 2. The lowest BCUT2D eigenvalue weighted by Gasteiger charge is -2.47. The van der Waals surface area contributed by atoms with Gasteiger partial charge in [-0.2, -0.15) is 0 Å². The van der Waals surface area contributed by atoms with E-state index in [1.54, 1.807) is 12.5 Å². The molecule has 0 radical (unpaired) electrons. The van der Waals surface area contributed by atoms with Gasteiger partial charge in [-0.15, -0.1) is 0 Å². The molecule has 26 heavy (non-hydrogen) atoms. The molecule has 6 atom stereocenters. The van der Waals surface area contributed by atoms with Gasteiger partial charge in [0.25, 0.3) is 0 Å². The zero-order valence-electron chi connectivity index (χ0n) is 14.9. The molecule has 0 saturated carbocycles. The Kier molecular flexibility index (Phi) is 3.10. The number of hydrogen-bond donors (Lipinski definition) is 1. The maximum Gasteiger partial charge on any atom is 0.317 e. The Morgan fingerprint density at radius 1 is 1.19 bits per heavy atom. The molecule has 2 aliphatic heterocycles. The van der Waals surface area contributed by atoms with Gasteiger partial charge in [0, 0.05) is 24.8 Å². The Balaban J connectivity index is 1.67. The molecule has 0 unspecified atom stereocenters. The Bertz CT molecular complexity index is 823. The van der Waals surface area contributed by atoms with Crippen molar-refractivity contribution in [2.45, 2.75) is 57.8 Å². The average Bonchev–Trinajstić information content (AvgIpc) is 3.25. The summed E-state index contributed by atoms with van der Waals surface area (Å²) < 4.78 is 16.5. The van der Waals surface area contributed by atoms with Crippen LogP contribution in [0.2, 0.25) is 0 Å². The Labute approximate surface area is 151 Å². The number of aliphatic hydroxyl groups excluding tert-OH is 1. The molecule has 6 nitrogen and oxygen atoms in total. The summed E-state index contributed by atoms with van der Waals surface area (Å²) in [5.41, 5.74) is 0.792. The van der Waals surface area contributed by atoms with Gasteiger partial charge in [0.05, 0.1) is 29.5 Å². The van der Waals surface area contributed by atoms with Crippen LogP contribution in [0.3, 0.4) is 0 Å². The molecule has 3 heterocycles. The van der Waals surface area contributed by atoms with Crippen molar-refractivity contribution < 1.29 is 28.6 Å². The van der Waals surface area contributed by atoms with Crippen LogP contribution in [0.15, 0.2) is 34.2 Å². The van der Waals surface area contributed by atoms with Crippen LogP contribution >= 0.6 is 0 Å². The summed E-state index contributed by atoms with van der Waals surface area (Å²) in [4.78, 5) is 25.7. The predicted octanol–water partition coefficient (Wildman–Crippen LogP) is 2.68. The first kappa shape index (κ1) is 16.1. The molecule has 6 heteroatoms. The van der Waals surface area contributed by atoms with E-state index in [1.807, 2.05) is 19.9 Å². The quantitative estimate of drug-likeness (QED) is 0.614. The van der Waals surface area contributed by atoms with E-state index in [9.17, 15) is 14.7 Å². The van der Waals surface area contributed by atoms with Gasteiger partial charge in [0.1, 0.15) is 12.2 Å². The highest BCUT2D eigenvalue weighted by molar-refractivity contribution is 5.88. The Hall–Kier alpha value is -2.08. The lowest BCUT2D eigenvalue weighted by molar-refractivity contribution is -0.150. The van der Waals surface area contributed by atoms with Crippen LogP contribution in [0, 0.1) is 16.7 Å². The van der Waals surface area contributed by atoms with Crippen LogP contribution in [0.25, 0.3) is 0 Å². The molecule has 4 aliphatic rings. The topological polar surface area (TPSA) is 86.0 Å². The van der Waals surface area contributed by atoms with E-state index in [0.717, 1.165) is 11.1 Å². The molecule has 138 valence electrons. The number of hydrogen-bond acceptors (Lipinski definition) is 6. The predicted molar refractivity (Wildman–Crippen MR) is 88.6 cm³/mol. The number of aliphatic hydroxyl groups is 1. The minimum absolute atomic E-state index is 0.0724. The second-order valence-electron chi connectivity index (χ2n) is 8.44. The van der Waals surface area contributed by atoms with Crippen molar-refractivity contribution in [3.8, 4) is 0 Å². The number of fused-ring (bicyclic) bond motifs is 4. The van der Waals surface area contributed by atoms with E-state index in [2.05, 4.69) is 0 Å². The highest BCUT2D eigenvalue weighted by atomic mass is 16.6. The van der Waals surface area contributed by atoms with E-state index in [1.165, 1.54) is 0 Å². The van der Waals surface area contributed by atoms with Crippen LogP contribution in [0.4, 0.5) is 0 Å². The highest BCUT2D eigenvalue weighted by Gasteiger charge is 2.65. The van der Waals surface area contributed by atoms with Crippen LogP contribution in [-0.4, -0.2) is 29.3 Å². The molecule has 5 rings (SSSR count). The summed E-state index contributed by atoms with van der Waals surface area (Å²) in [6.45, 7) is 3.83. The highest BCUT2D eigenvalue weighted by Crippen LogP contribution is 2.63. The van der Waals surface area contributed by atoms with Gasteiger partial charge in [-0.05, 0) is 36.5 Å². The molecule has 2 fully saturated rings. The fraction of sp³-hybridized carbons (Fsp3) is 0.600. The van der Waals surface area contributed by atoms with E-state index in [-0.39, 0.29) is 30.1 Å². The lowest BCUT2D eigenvalue weighted by Crippen LogP contribution is -2.48. The van der Waals surface area contributed by atoms with E-state index in [4.69, 9.17) is 13.9 Å². The molecule has 1 spiro atoms. The standard InChI is InChI=1S/C20H22O6/c1-10-5-14(21)16-13(6-12-7-19(16,2)17(22)25-12)20(10)8-15(26-18(20)23)11-3-4-24-9-11/h3-4,9-10,12,14-15,21H,5-8H2,1-2H3/t10-,12+,14-,15+,19+,20-/m1/s1.